The summed E-state index contributed by atoms with van der Waals surface area (Å²) in [5.41, 5.74) is 0. The molecule has 3 nitrogen and oxygen atoms in total. The maximum Gasteiger partial charge on any atom is 0.260 e. The second-order valence-electron chi connectivity index (χ2n) is 4.89. The summed E-state index contributed by atoms with van der Waals surface area (Å²) in [6.07, 6.45) is 0. The van der Waals surface area contributed by atoms with Crippen LogP contribution in [0.25, 0.3) is 0 Å². The highest BCUT2D eigenvalue weighted by atomic mass is 32.2. The molecular weight excluding hydrogens is 327 g/mol. The second kappa shape index (κ2) is 7.16. The minimum atomic E-state index is -2.72. The van der Waals surface area contributed by atoms with Crippen molar-refractivity contribution >= 4 is 34.8 Å². The summed E-state index contributed by atoms with van der Waals surface area (Å²) in [7, 11) is -2.72. The van der Waals surface area contributed by atoms with Gasteiger partial charge in [-0.2, -0.15) is 0 Å². The van der Waals surface area contributed by atoms with Gasteiger partial charge >= 0.3 is 0 Å². The van der Waals surface area contributed by atoms with Crippen LogP contribution in [0.3, 0.4) is 0 Å². The first-order valence-electron chi connectivity index (χ1n) is 7.09. The van der Waals surface area contributed by atoms with Crippen molar-refractivity contribution in [2.75, 3.05) is 0 Å². The molecule has 0 spiro atoms. The molecule has 0 aliphatic carbocycles. The molecule has 0 amide bonds. The van der Waals surface area contributed by atoms with E-state index in [9.17, 15) is 8.76 Å². The molecule has 0 N–H and O–H groups in total. The van der Waals surface area contributed by atoms with E-state index in [4.69, 9.17) is 3.97 Å². The molecule has 23 heavy (non-hydrogen) atoms. The summed E-state index contributed by atoms with van der Waals surface area (Å²) >= 11 is -2.64. The highest BCUT2D eigenvalue weighted by Gasteiger charge is 2.49. The lowest BCUT2D eigenvalue weighted by molar-refractivity contribution is 0.458. The van der Waals surface area contributed by atoms with Gasteiger partial charge in [-0.1, -0.05) is 54.6 Å². The Morgan fingerprint density at radius 1 is 0.652 bits per heavy atom. The van der Waals surface area contributed by atoms with Gasteiger partial charge in [-0.3, -0.25) is 0 Å². The van der Waals surface area contributed by atoms with E-state index in [-0.39, 0.29) is 0 Å². The Balaban J connectivity index is 2.32. The predicted octanol–water partition coefficient (Wildman–Crippen LogP) is 2.71. The molecule has 0 aliphatic heterocycles. The van der Waals surface area contributed by atoms with Crippen molar-refractivity contribution < 1.29 is 12.7 Å². The zero-order valence-corrected chi connectivity index (χ0v) is 14.0. The zero-order valence-electron chi connectivity index (χ0n) is 12.2. The van der Waals surface area contributed by atoms with Crippen molar-refractivity contribution in [2.45, 2.75) is 0 Å². The molecule has 1 unspecified atom stereocenters. The van der Waals surface area contributed by atoms with Crippen LogP contribution >= 0.6 is 7.49 Å². The zero-order chi connectivity index (χ0) is 16.1. The van der Waals surface area contributed by atoms with Gasteiger partial charge in [-0.25, -0.2) is 4.21 Å². The molecule has 3 rings (SSSR count). The van der Waals surface area contributed by atoms with Crippen LogP contribution in [0.15, 0.2) is 91.0 Å². The van der Waals surface area contributed by atoms with Gasteiger partial charge in [0.25, 0.3) is 7.49 Å². The molecule has 5 heteroatoms. The van der Waals surface area contributed by atoms with Gasteiger partial charge in [-0.05, 0) is 36.4 Å². The van der Waals surface area contributed by atoms with Crippen LogP contribution in [-0.4, -0.2) is 8.76 Å². The van der Waals surface area contributed by atoms with E-state index < -0.39 is 18.9 Å². The third-order valence-corrected chi connectivity index (χ3v) is 7.99. The van der Waals surface area contributed by atoms with Gasteiger partial charge in [0.2, 0.25) is 0 Å². The Labute approximate surface area is 138 Å². The highest BCUT2D eigenvalue weighted by Crippen LogP contribution is 2.56. The van der Waals surface area contributed by atoms with Gasteiger partial charge in [0.15, 0.2) is 0 Å². The lowest BCUT2D eigenvalue weighted by atomic mass is 10.4. The van der Waals surface area contributed by atoms with E-state index >= 15 is 0 Å². The largest absolute Gasteiger partial charge is 0.747 e. The van der Waals surface area contributed by atoms with E-state index in [0.29, 0.717) is 0 Å². The van der Waals surface area contributed by atoms with Crippen molar-refractivity contribution in [3.8, 4) is 0 Å². The molecule has 0 saturated heterocycles. The van der Waals surface area contributed by atoms with Crippen molar-refractivity contribution in [3.05, 3.63) is 91.0 Å². The summed E-state index contributed by atoms with van der Waals surface area (Å²) in [5.74, 6) is 0. The molecule has 0 heterocycles. The Morgan fingerprint density at radius 2 is 0.957 bits per heavy atom. The summed E-state index contributed by atoms with van der Waals surface area (Å²) in [5, 5.41) is 2.59. The second-order valence-corrected chi connectivity index (χ2v) is 8.67. The Bertz CT molecular complexity index is 682. The third kappa shape index (κ3) is 3.26. The monoisotopic (exact) mass is 342 g/mol. The molecule has 0 fully saturated rings. The lowest BCUT2D eigenvalue weighted by Crippen LogP contribution is -2.33. The maximum absolute atomic E-state index is 11.5. The summed E-state index contributed by atoms with van der Waals surface area (Å²) < 4.78 is 28.7. The molecule has 3 aromatic carbocycles. The highest BCUT2D eigenvalue weighted by molar-refractivity contribution is 7.98. The number of benzene rings is 3. The third-order valence-electron chi connectivity index (χ3n) is 3.53. The summed E-state index contributed by atoms with van der Waals surface area (Å²) in [6.45, 7) is 0. The van der Waals surface area contributed by atoms with E-state index in [2.05, 4.69) is 0 Å². The normalized spacial score (nSPS) is 12.7. The van der Waals surface area contributed by atoms with Crippen LogP contribution in [0, 0.1) is 0 Å². The molecule has 0 radical (unpaired) electrons. The Hall–Kier alpha value is -1.84. The smallest absolute Gasteiger partial charge is 0.260 e. The molecule has 0 saturated carbocycles. The quantitative estimate of drug-likeness (QED) is 0.529. The summed E-state index contributed by atoms with van der Waals surface area (Å²) in [4.78, 5) is 0. The molecule has 116 valence electrons. The van der Waals surface area contributed by atoms with Gasteiger partial charge in [-0.15, -0.1) is 3.97 Å². The first kappa shape index (κ1) is 16.0. The van der Waals surface area contributed by atoms with Gasteiger partial charge in [0.05, 0.1) is 0 Å². The Morgan fingerprint density at radius 3 is 1.22 bits per heavy atom. The number of rotatable bonds is 5. The van der Waals surface area contributed by atoms with Crippen molar-refractivity contribution in [1.82, 2.24) is 0 Å². The topological polar surface area (TPSA) is 49.4 Å². The van der Waals surface area contributed by atoms with E-state index in [1.807, 2.05) is 91.0 Å². The molecular formula is C18H15O3PS. The molecule has 0 bridgehead atoms. The Kier molecular flexibility index (Phi) is 4.99. The van der Waals surface area contributed by atoms with Gasteiger partial charge in [0.1, 0.15) is 27.3 Å². The number of hydrogen-bond acceptors (Lipinski definition) is 3. The van der Waals surface area contributed by atoms with E-state index in [0.717, 1.165) is 15.9 Å². The standard InChI is InChI=1S/C18H15O3PS/c19-23(20)21-22(16-10-4-1-5-11-16,17-12-6-2-7-13-17)18-14-8-3-9-15-18/h1-15H. The average Bonchev–Trinajstić information content (AvgIpc) is 2.62. The van der Waals surface area contributed by atoms with Crippen LogP contribution in [0.4, 0.5) is 0 Å². The predicted molar refractivity (Wildman–Crippen MR) is 95.2 cm³/mol. The minimum Gasteiger partial charge on any atom is -0.747 e. The maximum atomic E-state index is 11.5. The van der Waals surface area contributed by atoms with Crippen molar-refractivity contribution in [1.29, 1.82) is 0 Å². The van der Waals surface area contributed by atoms with Crippen LogP contribution in [0.2, 0.25) is 0 Å². The van der Waals surface area contributed by atoms with Crippen molar-refractivity contribution in [2.24, 2.45) is 0 Å². The molecule has 3 aromatic rings. The molecule has 0 aromatic heterocycles. The van der Waals surface area contributed by atoms with E-state index in [1.165, 1.54) is 0 Å². The number of hydrogen-bond donors (Lipinski definition) is 0. The van der Waals surface area contributed by atoms with Crippen molar-refractivity contribution in [3.63, 3.8) is 0 Å². The van der Waals surface area contributed by atoms with Gasteiger partial charge < -0.3 is 4.55 Å². The molecule has 1 atom stereocenters. The fourth-order valence-corrected chi connectivity index (χ4v) is 7.01. The lowest BCUT2D eigenvalue weighted by Gasteiger charge is -2.25. The SMILES string of the molecule is O=S([O-])O[P+](c1ccccc1)(c1ccccc1)c1ccccc1. The first-order chi connectivity index (χ1) is 11.2. The minimum absolute atomic E-state index is 0.863. The average molecular weight is 342 g/mol. The first-order valence-corrected chi connectivity index (χ1v) is 9.79. The van der Waals surface area contributed by atoms with Gasteiger partial charge in [0, 0.05) is 0 Å². The van der Waals surface area contributed by atoms with Crippen LogP contribution in [0.5, 0.6) is 0 Å². The van der Waals surface area contributed by atoms with Crippen LogP contribution < -0.4 is 15.9 Å². The fraction of sp³-hybridized carbons (Fsp3) is 0. The summed E-state index contributed by atoms with van der Waals surface area (Å²) in [6, 6.07) is 28.6. The van der Waals surface area contributed by atoms with Crippen LogP contribution in [0.1, 0.15) is 0 Å². The van der Waals surface area contributed by atoms with Crippen LogP contribution in [-0.2, 0) is 15.3 Å². The van der Waals surface area contributed by atoms with E-state index in [1.54, 1.807) is 0 Å². The fourth-order valence-electron chi connectivity index (χ4n) is 2.58. The molecule has 0 aliphatic rings.